The molecule has 1 unspecified atom stereocenters. The number of nitrogens with zero attached hydrogens (tertiary/aromatic N) is 2. The van der Waals surface area contributed by atoms with Crippen molar-refractivity contribution in [1.82, 2.24) is 15.2 Å². The van der Waals surface area contributed by atoms with Gasteiger partial charge in [0.2, 0.25) is 0 Å². The van der Waals surface area contributed by atoms with E-state index in [-0.39, 0.29) is 11.9 Å². The summed E-state index contributed by atoms with van der Waals surface area (Å²) < 4.78 is 5.29. The van der Waals surface area contributed by atoms with Crippen LogP contribution in [0.2, 0.25) is 0 Å². The number of rotatable bonds is 4. The Morgan fingerprint density at radius 2 is 2.28 bits per heavy atom. The van der Waals surface area contributed by atoms with Gasteiger partial charge >= 0.3 is 0 Å². The summed E-state index contributed by atoms with van der Waals surface area (Å²) in [5, 5.41) is 2.96. The molecular weight excluding hydrogens is 230 g/mol. The number of amides is 1. The van der Waals surface area contributed by atoms with E-state index < -0.39 is 0 Å². The second-order valence-corrected chi connectivity index (χ2v) is 4.50. The van der Waals surface area contributed by atoms with Crippen LogP contribution < -0.4 is 5.32 Å². The van der Waals surface area contributed by atoms with Gasteiger partial charge in [0.05, 0.1) is 13.2 Å². The Morgan fingerprint density at radius 1 is 1.50 bits per heavy atom. The van der Waals surface area contributed by atoms with E-state index in [2.05, 4.69) is 15.2 Å². The van der Waals surface area contributed by atoms with E-state index in [1.165, 1.54) is 0 Å². The lowest BCUT2D eigenvalue weighted by molar-refractivity contribution is 0.0342. The second kappa shape index (κ2) is 6.47. The van der Waals surface area contributed by atoms with E-state index in [9.17, 15) is 4.79 Å². The summed E-state index contributed by atoms with van der Waals surface area (Å²) in [7, 11) is 0. The molecule has 1 atom stereocenters. The van der Waals surface area contributed by atoms with Crippen molar-refractivity contribution in [3.05, 3.63) is 30.1 Å². The summed E-state index contributed by atoms with van der Waals surface area (Å²) in [4.78, 5) is 18.2. The van der Waals surface area contributed by atoms with Crippen molar-refractivity contribution < 1.29 is 9.53 Å². The molecule has 1 fully saturated rings. The van der Waals surface area contributed by atoms with Crippen molar-refractivity contribution in [3.63, 3.8) is 0 Å². The van der Waals surface area contributed by atoms with Gasteiger partial charge in [0, 0.05) is 31.9 Å². The van der Waals surface area contributed by atoms with Gasteiger partial charge in [0.15, 0.2) is 0 Å². The summed E-state index contributed by atoms with van der Waals surface area (Å²) in [6.45, 7) is 6.29. The first-order chi connectivity index (χ1) is 8.75. The minimum Gasteiger partial charge on any atom is -0.379 e. The second-order valence-electron chi connectivity index (χ2n) is 4.50. The summed E-state index contributed by atoms with van der Waals surface area (Å²) in [6.07, 6.45) is 1.63. The van der Waals surface area contributed by atoms with Gasteiger partial charge in [-0.1, -0.05) is 6.07 Å². The number of nitrogens with one attached hydrogen (secondary N) is 1. The maximum Gasteiger partial charge on any atom is 0.270 e. The Labute approximate surface area is 107 Å². The predicted molar refractivity (Wildman–Crippen MR) is 68.4 cm³/mol. The first-order valence-electron chi connectivity index (χ1n) is 6.27. The van der Waals surface area contributed by atoms with Gasteiger partial charge in [0.1, 0.15) is 5.69 Å². The van der Waals surface area contributed by atoms with Crippen molar-refractivity contribution in [3.8, 4) is 0 Å². The number of hydrogen-bond acceptors (Lipinski definition) is 4. The molecule has 0 spiro atoms. The maximum absolute atomic E-state index is 11.9. The number of pyridine rings is 1. The molecule has 2 rings (SSSR count). The molecule has 1 N–H and O–H groups in total. The van der Waals surface area contributed by atoms with Gasteiger partial charge in [-0.2, -0.15) is 0 Å². The largest absolute Gasteiger partial charge is 0.379 e. The summed E-state index contributed by atoms with van der Waals surface area (Å²) in [5.74, 6) is -0.114. The zero-order valence-corrected chi connectivity index (χ0v) is 10.6. The van der Waals surface area contributed by atoms with Crippen LogP contribution in [-0.2, 0) is 4.74 Å². The molecule has 0 aliphatic carbocycles. The van der Waals surface area contributed by atoms with Crippen molar-refractivity contribution in [2.75, 3.05) is 32.8 Å². The van der Waals surface area contributed by atoms with Crippen molar-refractivity contribution in [2.45, 2.75) is 13.0 Å². The summed E-state index contributed by atoms with van der Waals surface area (Å²) in [5.41, 5.74) is 0.464. The molecule has 0 saturated carbocycles. The molecule has 1 aromatic rings. The molecule has 0 aromatic carbocycles. The molecule has 5 heteroatoms. The highest BCUT2D eigenvalue weighted by Crippen LogP contribution is 2.00. The van der Waals surface area contributed by atoms with E-state index in [0.717, 1.165) is 32.8 Å². The van der Waals surface area contributed by atoms with Gasteiger partial charge in [-0.3, -0.25) is 14.7 Å². The number of hydrogen-bond donors (Lipinski definition) is 1. The monoisotopic (exact) mass is 249 g/mol. The van der Waals surface area contributed by atoms with Crippen LogP contribution in [0.4, 0.5) is 0 Å². The molecule has 0 bridgehead atoms. The molecule has 1 aromatic heterocycles. The zero-order valence-electron chi connectivity index (χ0n) is 10.6. The van der Waals surface area contributed by atoms with E-state index in [1.54, 1.807) is 18.3 Å². The number of ether oxygens (including phenoxy) is 1. The maximum atomic E-state index is 11.9. The van der Waals surface area contributed by atoms with E-state index in [0.29, 0.717) is 5.69 Å². The highest BCUT2D eigenvalue weighted by molar-refractivity contribution is 5.92. The van der Waals surface area contributed by atoms with Crippen LogP contribution in [0.3, 0.4) is 0 Å². The lowest BCUT2D eigenvalue weighted by Gasteiger charge is -2.29. The lowest BCUT2D eigenvalue weighted by Crippen LogP contribution is -2.46. The van der Waals surface area contributed by atoms with Gasteiger partial charge in [-0.15, -0.1) is 0 Å². The average molecular weight is 249 g/mol. The molecule has 0 radical (unpaired) electrons. The average Bonchev–Trinajstić information content (AvgIpc) is 2.40. The molecule has 2 heterocycles. The van der Waals surface area contributed by atoms with Gasteiger partial charge in [-0.05, 0) is 19.1 Å². The van der Waals surface area contributed by atoms with Crippen LogP contribution >= 0.6 is 0 Å². The van der Waals surface area contributed by atoms with Gasteiger partial charge in [0.25, 0.3) is 5.91 Å². The summed E-state index contributed by atoms with van der Waals surface area (Å²) in [6, 6.07) is 5.44. The number of carbonyl (C=O) groups is 1. The molecule has 98 valence electrons. The van der Waals surface area contributed by atoms with Crippen LogP contribution in [0, 0.1) is 0 Å². The molecule has 1 amide bonds. The van der Waals surface area contributed by atoms with Crippen LogP contribution in [0.5, 0.6) is 0 Å². The third-order valence-electron chi connectivity index (χ3n) is 2.91. The smallest absolute Gasteiger partial charge is 0.270 e. The molecule has 1 aliphatic rings. The Balaban J connectivity index is 1.80. The molecule has 1 saturated heterocycles. The van der Waals surface area contributed by atoms with Crippen LogP contribution in [0.25, 0.3) is 0 Å². The number of morpholine rings is 1. The third kappa shape index (κ3) is 3.78. The van der Waals surface area contributed by atoms with E-state index in [4.69, 9.17) is 4.74 Å². The summed E-state index contributed by atoms with van der Waals surface area (Å²) >= 11 is 0. The van der Waals surface area contributed by atoms with Crippen molar-refractivity contribution >= 4 is 5.91 Å². The Kier molecular flexibility index (Phi) is 4.66. The fraction of sp³-hybridized carbons (Fsp3) is 0.538. The third-order valence-corrected chi connectivity index (χ3v) is 2.91. The molecule has 5 nitrogen and oxygen atoms in total. The molecule has 1 aliphatic heterocycles. The van der Waals surface area contributed by atoms with Crippen molar-refractivity contribution in [2.24, 2.45) is 0 Å². The minimum atomic E-state index is -0.114. The highest BCUT2D eigenvalue weighted by atomic mass is 16.5. The van der Waals surface area contributed by atoms with E-state index in [1.807, 2.05) is 13.0 Å². The van der Waals surface area contributed by atoms with Crippen LogP contribution in [0.15, 0.2) is 24.4 Å². The highest BCUT2D eigenvalue weighted by Gasteiger charge is 2.16. The van der Waals surface area contributed by atoms with Gasteiger partial charge < -0.3 is 10.1 Å². The number of carbonyl (C=O) groups excluding carboxylic acids is 1. The SMILES string of the molecule is CC(CN1CCOCC1)NC(=O)c1ccccn1. The zero-order chi connectivity index (χ0) is 12.8. The fourth-order valence-electron chi connectivity index (χ4n) is 2.01. The number of aromatic nitrogens is 1. The topological polar surface area (TPSA) is 54.5 Å². The first kappa shape index (κ1) is 13.0. The van der Waals surface area contributed by atoms with Crippen LogP contribution in [0.1, 0.15) is 17.4 Å². The minimum absolute atomic E-state index is 0.109. The van der Waals surface area contributed by atoms with Gasteiger partial charge in [-0.25, -0.2) is 0 Å². The van der Waals surface area contributed by atoms with Crippen LogP contribution in [-0.4, -0.2) is 54.7 Å². The Morgan fingerprint density at radius 3 is 2.94 bits per heavy atom. The quantitative estimate of drug-likeness (QED) is 0.846. The molecular formula is C13H19N3O2. The lowest BCUT2D eigenvalue weighted by atomic mass is 10.2. The Hall–Kier alpha value is -1.46. The Bertz CT molecular complexity index is 377. The fourth-order valence-corrected chi connectivity index (χ4v) is 2.01. The first-order valence-corrected chi connectivity index (χ1v) is 6.27. The van der Waals surface area contributed by atoms with Crippen molar-refractivity contribution in [1.29, 1.82) is 0 Å². The van der Waals surface area contributed by atoms with E-state index >= 15 is 0 Å². The predicted octanol–water partition coefficient (Wildman–Crippen LogP) is 0.532. The normalized spacial score (nSPS) is 18.3. The molecule has 18 heavy (non-hydrogen) atoms. The standard InChI is InChI=1S/C13H19N3O2/c1-11(10-16-6-8-18-9-7-16)15-13(17)12-4-2-3-5-14-12/h2-5,11H,6-10H2,1H3,(H,15,17).